The van der Waals surface area contributed by atoms with Crippen LogP contribution < -0.4 is 9.64 Å². The summed E-state index contributed by atoms with van der Waals surface area (Å²) in [5.74, 6) is 0.657. The lowest BCUT2D eigenvalue weighted by Crippen LogP contribution is -2.62. The first-order valence-corrected chi connectivity index (χ1v) is 7.33. The Bertz CT molecular complexity index is 599. The van der Waals surface area contributed by atoms with Gasteiger partial charge in [-0.05, 0) is 44.4 Å². The zero-order chi connectivity index (χ0) is 15.1. The molecule has 112 valence electrons. The summed E-state index contributed by atoms with van der Waals surface area (Å²) in [6, 6.07) is 4.90. The number of fused-ring (bicyclic) bond motifs is 1. The second-order valence-corrected chi connectivity index (χ2v) is 5.75. The SMILES string of the molecule is COc1ccc(C)cc1N1C(=O)C2CCCN2C(=O)C1C. The van der Waals surface area contributed by atoms with E-state index in [1.54, 1.807) is 23.8 Å². The number of carbonyl (C=O) groups is 2. The van der Waals surface area contributed by atoms with Gasteiger partial charge in [-0.25, -0.2) is 0 Å². The first-order valence-electron chi connectivity index (χ1n) is 7.33. The molecular formula is C16H20N2O3. The molecule has 2 saturated heterocycles. The summed E-state index contributed by atoms with van der Waals surface area (Å²) in [4.78, 5) is 28.7. The van der Waals surface area contributed by atoms with Gasteiger partial charge in [0, 0.05) is 6.54 Å². The molecule has 5 heteroatoms. The van der Waals surface area contributed by atoms with Crippen LogP contribution in [0.4, 0.5) is 5.69 Å². The third-order valence-electron chi connectivity index (χ3n) is 4.40. The average Bonchev–Trinajstić information content (AvgIpc) is 2.95. The number of piperazine rings is 1. The molecule has 5 nitrogen and oxygen atoms in total. The van der Waals surface area contributed by atoms with Gasteiger partial charge >= 0.3 is 0 Å². The molecule has 2 unspecified atom stereocenters. The van der Waals surface area contributed by atoms with Gasteiger partial charge in [0.2, 0.25) is 5.91 Å². The van der Waals surface area contributed by atoms with Crippen molar-refractivity contribution in [3.05, 3.63) is 23.8 Å². The summed E-state index contributed by atoms with van der Waals surface area (Å²) in [5.41, 5.74) is 1.72. The molecule has 2 aliphatic heterocycles. The van der Waals surface area contributed by atoms with E-state index in [4.69, 9.17) is 4.74 Å². The summed E-state index contributed by atoms with van der Waals surface area (Å²) < 4.78 is 5.38. The van der Waals surface area contributed by atoms with Crippen molar-refractivity contribution >= 4 is 17.5 Å². The van der Waals surface area contributed by atoms with E-state index in [-0.39, 0.29) is 17.9 Å². The number of hydrogen-bond acceptors (Lipinski definition) is 3. The van der Waals surface area contributed by atoms with E-state index < -0.39 is 6.04 Å². The van der Waals surface area contributed by atoms with E-state index in [1.807, 2.05) is 25.1 Å². The Morgan fingerprint density at radius 2 is 2.00 bits per heavy atom. The number of methoxy groups -OCH3 is 1. The number of amides is 2. The van der Waals surface area contributed by atoms with Crippen LogP contribution in [0.2, 0.25) is 0 Å². The largest absolute Gasteiger partial charge is 0.495 e. The summed E-state index contributed by atoms with van der Waals surface area (Å²) in [6.45, 7) is 4.45. The van der Waals surface area contributed by atoms with E-state index in [0.717, 1.165) is 18.4 Å². The van der Waals surface area contributed by atoms with E-state index in [2.05, 4.69) is 0 Å². The molecule has 0 bridgehead atoms. The monoisotopic (exact) mass is 288 g/mol. The van der Waals surface area contributed by atoms with Gasteiger partial charge in [0.1, 0.15) is 17.8 Å². The molecule has 0 N–H and O–H groups in total. The highest BCUT2D eigenvalue weighted by Crippen LogP contribution is 2.36. The quantitative estimate of drug-likeness (QED) is 0.832. The van der Waals surface area contributed by atoms with Crippen molar-refractivity contribution in [1.82, 2.24) is 4.90 Å². The maximum atomic E-state index is 12.8. The molecule has 2 aliphatic rings. The molecule has 2 atom stereocenters. The fourth-order valence-corrected chi connectivity index (χ4v) is 3.30. The van der Waals surface area contributed by atoms with Gasteiger partial charge in [-0.3, -0.25) is 14.5 Å². The molecule has 0 radical (unpaired) electrons. The molecule has 0 aromatic heterocycles. The minimum Gasteiger partial charge on any atom is -0.495 e. The van der Waals surface area contributed by atoms with Crippen LogP contribution in [0.1, 0.15) is 25.3 Å². The van der Waals surface area contributed by atoms with Gasteiger partial charge in [-0.1, -0.05) is 6.07 Å². The van der Waals surface area contributed by atoms with Gasteiger partial charge in [-0.15, -0.1) is 0 Å². The number of hydrogen-bond donors (Lipinski definition) is 0. The van der Waals surface area contributed by atoms with Crippen molar-refractivity contribution in [2.24, 2.45) is 0 Å². The molecule has 1 aromatic rings. The Labute approximate surface area is 124 Å². The van der Waals surface area contributed by atoms with E-state index >= 15 is 0 Å². The lowest BCUT2D eigenvalue weighted by molar-refractivity contribution is -0.143. The predicted molar refractivity (Wildman–Crippen MR) is 79.4 cm³/mol. The molecule has 21 heavy (non-hydrogen) atoms. The number of benzene rings is 1. The number of anilines is 1. The van der Waals surface area contributed by atoms with Gasteiger partial charge < -0.3 is 9.64 Å². The van der Waals surface area contributed by atoms with Gasteiger partial charge in [0.05, 0.1) is 12.8 Å². The van der Waals surface area contributed by atoms with Crippen LogP contribution in [0.25, 0.3) is 0 Å². The summed E-state index contributed by atoms with van der Waals surface area (Å²) in [5, 5.41) is 0. The maximum Gasteiger partial charge on any atom is 0.250 e. The fourth-order valence-electron chi connectivity index (χ4n) is 3.30. The number of carbonyl (C=O) groups excluding carboxylic acids is 2. The van der Waals surface area contributed by atoms with E-state index in [1.165, 1.54) is 0 Å². The highest BCUT2D eigenvalue weighted by Gasteiger charge is 2.47. The molecule has 3 rings (SSSR count). The first-order chi connectivity index (χ1) is 10.0. The lowest BCUT2D eigenvalue weighted by Gasteiger charge is -2.41. The zero-order valence-electron chi connectivity index (χ0n) is 12.6. The molecule has 1 aromatic carbocycles. The van der Waals surface area contributed by atoms with Gasteiger partial charge in [0.15, 0.2) is 0 Å². The number of aryl methyl sites for hydroxylation is 1. The van der Waals surface area contributed by atoms with Crippen molar-refractivity contribution in [2.75, 3.05) is 18.6 Å². The second kappa shape index (κ2) is 5.06. The minimum atomic E-state index is -0.484. The highest BCUT2D eigenvalue weighted by molar-refractivity contribution is 6.09. The summed E-state index contributed by atoms with van der Waals surface area (Å²) >= 11 is 0. The Hall–Kier alpha value is -2.04. The van der Waals surface area contributed by atoms with Crippen LogP contribution in [0.3, 0.4) is 0 Å². The van der Waals surface area contributed by atoms with Gasteiger partial charge in [0.25, 0.3) is 5.91 Å². The third-order valence-corrected chi connectivity index (χ3v) is 4.40. The highest BCUT2D eigenvalue weighted by atomic mass is 16.5. The minimum absolute atomic E-state index is 0.00324. The molecule has 2 amide bonds. The smallest absolute Gasteiger partial charge is 0.250 e. The first kappa shape index (κ1) is 13.9. The molecular weight excluding hydrogens is 268 g/mol. The van der Waals surface area contributed by atoms with Crippen molar-refractivity contribution in [1.29, 1.82) is 0 Å². The third kappa shape index (κ3) is 2.07. The Balaban J connectivity index is 2.06. The second-order valence-electron chi connectivity index (χ2n) is 5.75. The lowest BCUT2D eigenvalue weighted by atomic mass is 10.0. The summed E-state index contributed by atoms with van der Waals surface area (Å²) in [6.07, 6.45) is 1.65. The van der Waals surface area contributed by atoms with E-state index in [9.17, 15) is 9.59 Å². The standard InChI is InChI=1S/C16H20N2O3/c1-10-6-7-14(21-3)13(9-10)18-11(2)15(19)17-8-4-5-12(17)16(18)20/h6-7,9,11-12H,4-5,8H2,1-3H3. The topological polar surface area (TPSA) is 49.9 Å². The normalized spacial score (nSPS) is 25.3. The molecule has 0 saturated carbocycles. The average molecular weight is 288 g/mol. The predicted octanol–water partition coefficient (Wildman–Crippen LogP) is 1.73. The molecule has 0 spiro atoms. The number of ether oxygens (including phenoxy) is 1. The zero-order valence-corrected chi connectivity index (χ0v) is 12.6. The molecule has 2 heterocycles. The fraction of sp³-hybridized carbons (Fsp3) is 0.500. The number of rotatable bonds is 2. The van der Waals surface area contributed by atoms with Crippen molar-refractivity contribution in [3.63, 3.8) is 0 Å². The summed E-state index contributed by atoms with van der Waals surface area (Å²) in [7, 11) is 1.58. The van der Waals surface area contributed by atoms with Crippen molar-refractivity contribution in [3.8, 4) is 5.75 Å². The Morgan fingerprint density at radius 1 is 1.24 bits per heavy atom. The van der Waals surface area contributed by atoms with Crippen molar-refractivity contribution < 1.29 is 14.3 Å². The maximum absolute atomic E-state index is 12.8. The van der Waals surface area contributed by atoms with Crippen LogP contribution in [0.15, 0.2) is 18.2 Å². The van der Waals surface area contributed by atoms with Crippen molar-refractivity contribution in [2.45, 2.75) is 38.8 Å². The van der Waals surface area contributed by atoms with Crippen LogP contribution in [0, 0.1) is 6.92 Å². The number of nitrogens with zero attached hydrogens (tertiary/aromatic N) is 2. The van der Waals surface area contributed by atoms with Crippen LogP contribution >= 0.6 is 0 Å². The van der Waals surface area contributed by atoms with E-state index in [0.29, 0.717) is 18.0 Å². The Kier molecular flexibility index (Phi) is 3.35. The van der Waals surface area contributed by atoms with Crippen LogP contribution in [-0.4, -0.2) is 42.5 Å². The van der Waals surface area contributed by atoms with Crippen LogP contribution in [0.5, 0.6) is 5.75 Å². The van der Waals surface area contributed by atoms with Crippen LogP contribution in [-0.2, 0) is 9.59 Å². The Morgan fingerprint density at radius 3 is 2.71 bits per heavy atom. The van der Waals surface area contributed by atoms with Gasteiger partial charge in [-0.2, -0.15) is 0 Å². The molecule has 0 aliphatic carbocycles. The molecule has 2 fully saturated rings.